The van der Waals surface area contributed by atoms with Crippen LogP contribution in [0.1, 0.15) is 23.0 Å². The maximum atomic E-state index is 2.51. The minimum absolute atomic E-state index is 0.327. The molecule has 2 aliphatic carbocycles. The molecule has 0 saturated heterocycles. The summed E-state index contributed by atoms with van der Waals surface area (Å²) in [6.07, 6.45) is 9.24. The Morgan fingerprint density at radius 3 is 1.57 bits per heavy atom. The summed E-state index contributed by atoms with van der Waals surface area (Å²) in [5, 5.41) is 7.85. The molecule has 0 fully saturated rings. The monoisotopic (exact) mass is 532 g/mol. The molecular weight excluding hydrogens is 504 g/mol. The van der Waals surface area contributed by atoms with Gasteiger partial charge >= 0.3 is 0 Å². The first-order chi connectivity index (χ1) is 20.9. The van der Waals surface area contributed by atoms with Crippen LogP contribution in [-0.2, 0) is 0 Å². The molecule has 7 aromatic rings. The summed E-state index contributed by atoms with van der Waals surface area (Å²) < 4.78 is 0. The first-order valence-electron chi connectivity index (χ1n) is 14.9. The van der Waals surface area contributed by atoms with Gasteiger partial charge in [0.15, 0.2) is 0 Å². The van der Waals surface area contributed by atoms with Crippen LogP contribution in [0.5, 0.6) is 0 Å². The Labute approximate surface area is 245 Å². The van der Waals surface area contributed by atoms with Gasteiger partial charge in [-0.1, -0.05) is 152 Å². The Bertz CT molecular complexity index is 2190. The van der Waals surface area contributed by atoms with Crippen LogP contribution in [0.2, 0.25) is 0 Å². The molecule has 0 bridgehead atoms. The molecule has 2 aliphatic rings. The Morgan fingerprint density at radius 1 is 0.357 bits per heavy atom. The van der Waals surface area contributed by atoms with Gasteiger partial charge in [0.25, 0.3) is 0 Å². The fraction of sp³-hybridized carbons (Fsp3) is 0.0476. The number of hydrogen-bond acceptors (Lipinski definition) is 0. The Kier molecular flexibility index (Phi) is 5.12. The average Bonchev–Trinajstić information content (AvgIpc) is 3.07. The van der Waals surface area contributed by atoms with Crippen LogP contribution in [0, 0.1) is 0 Å². The topological polar surface area (TPSA) is 0 Å². The van der Waals surface area contributed by atoms with Crippen molar-refractivity contribution in [1.82, 2.24) is 0 Å². The van der Waals surface area contributed by atoms with Gasteiger partial charge in [-0.05, 0) is 82.9 Å². The Morgan fingerprint density at radius 2 is 0.881 bits per heavy atom. The van der Waals surface area contributed by atoms with E-state index in [9.17, 15) is 0 Å². The van der Waals surface area contributed by atoms with E-state index in [0.29, 0.717) is 11.8 Å². The third kappa shape index (κ3) is 3.30. The molecule has 9 rings (SSSR count). The van der Waals surface area contributed by atoms with Gasteiger partial charge in [0.1, 0.15) is 0 Å². The van der Waals surface area contributed by atoms with E-state index in [1.165, 1.54) is 76.8 Å². The third-order valence-electron chi connectivity index (χ3n) is 9.43. The zero-order chi connectivity index (χ0) is 27.6. The van der Waals surface area contributed by atoms with E-state index in [0.717, 1.165) is 0 Å². The van der Waals surface area contributed by atoms with E-state index >= 15 is 0 Å². The number of rotatable bonds is 2. The Balaban J connectivity index is 1.46. The molecule has 0 radical (unpaired) electrons. The van der Waals surface area contributed by atoms with Gasteiger partial charge in [0, 0.05) is 11.8 Å². The highest BCUT2D eigenvalue weighted by molar-refractivity contribution is 6.24. The first-order valence-corrected chi connectivity index (χ1v) is 14.9. The van der Waals surface area contributed by atoms with Crippen molar-refractivity contribution in [1.29, 1.82) is 0 Å². The fourth-order valence-electron chi connectivity index (χ4n) is 7.73. The highest BCUT2D eigenvalue weighted by atomic mass is 14.4. The molecule has 0 nitrogen and oxygen atoms in total. The number of allylic oxidation sites excluding steroid dienone is 4. The smallest absolute Gasteiger partial charge is 0.0137 e. The molecule has 0 aliphatic heterocycles. The fourth-order valence-corrected chi connectivity index (χ4v) is 7.73. The molecule has 2 unspecified atom stereocenters. The van der Waals surface area contributed by atoms with Crippen molar-refractivity contribution < 1.29 is 0 Å². The molecule has 0 spiro atoms. The highest BCUT2D eigenvalue weighted by Crippen LogP contribution is 2.54. The summed E-state index contributed by atoms with van der Waals surface area (Å²) in [6.45, 7) is 0. The van der Waals surface area contributed by atoms with Gasteiger partial charge in [0.2, 0.25) is 0 Å². The SMILES string of the molecule is C1=CC2c3ccccc3-c3cc(-c4c5ccccc5c(-c5ccccc5)c5ccccc45)c4ccccc4c3C2C=C1. The molecule has 196 valence electrons. The lowest BCUT2D eigenvalue weighted by Crippen LogP contribution is -2.17. The Hall–Kier alpha value is -5.20. The van der Waals surface area contributed by atoms with Crippen molar-refractivity contribution in [2.24, 2.45) is 0 Å². The third-order valence-corrected chi connectivity index (χ3v) is 9.43. The lowest BCUT2D eigenvalue weighted by atomic mass is 9.68. The summed E-state index contributed by atoms with van der Waals surface area (Å²) in [5.74, 6) is 0.688. The van der Waals surface area contributed by atoms with Crippen LogP contribution >= 0.6 is 0 Å². The lowest BCUT2D eigenvalue weighted by molar-refractivity contribution is 0.725. The molecule has 0 amide bonds. The summed E-state index contributed by atoms with van der Waals surface area (Å²) in [7, 11) is 0. The minimum atomic E-state index is 0.327. The molecule has 7 aromatic carbocycles. The summed E-state index contributed by atoms with van der Waals surface area (Å²) in [6, 6.07) is 49.5. The number of hydrogen-bond donors (Lipinski definition) is 0. The van der Waals surface area contributed by atoms with Crippen LogP contribution in [0.25, 0.3) is 65.7 Å². The van der Waals surface area contributed by atoms with Crippen LogP contribution in [0.3, 0.4) is 0 Å². The predicted octanol–water partition coefficient (Wildman–Crippen LogP) is 11.5. The van der Waals surface area contributed by atoms with E-state index in [4.69, 9.17) is 0 Å². The average molecular weight is 533 g/mol. The maximum absolute atomic E-state index is 2.51. The van der Waals surface area contributed by atoms with Crippen LogP contribution in [0.4, 0.5) is 0 Å². The second kappa shape index (κ2) is 9.16. The van der Waals surface area contributed by atoms with Gasteiger partial charge in [-0.15, -0.1) is 0 Å². The van der Waals surface area contributed by atoms with Crippen LogP contribution in [-0.4, -0.2) is 0 Å². The normalized spacial score (nSPS) is 16.9. The van der Waals surface area contributed by atoms with Crippen molar-refractivity contribution in [2.75, 3.05) is 0 Å². The van der Waals surface area contributed by atoms with Crippen molar-refractivity contribution in [3.8, 4) is 33.4 Å². The standard InChI is InChI=1S/C42H28/c1-2-14-27(15-3-1)40-34-22-10-12-24-36(34)42(37-25-13-11-23-35(37)40)39-26-38-30-18-5-4-16-28(30)29-17-6-8-20-32(29)41(38)33-21-9-7-19-31(33)39/h1-26,29,32H. The minimum Gasteiger partial charge on any atom is -0.0761 e. The quantitative estimate of drug-likeness (QED) is 0.194. The van der Waals surface area contributed by atoms with Crippen molar-refractivity contribution in [3.05, 3.63) is 169 Å². The molecule has 42 heavy (non-hydrogen) atoms. The van der Waals surface area contributed by atoms with Gasteiger partial charge in [-0.3, -0.25) is 0 Å². The zero-order valence-electron chi connectivity index (χ0n) is 23.2. The van der Waals surface area contributed by atoms with Crippen molar-refractivity contribution in [3.63, 3.8) is 0 Å². The van der Waals surface area contributed by atoms with Crippen molar-refractivity contribution >= 4 is 32.3 Å². The highest BCUT2D eigenvalue weighted by Gasteiger charge is 2.34. The van der Waals surface area contributed by atoms with Crippen LogP contribution < -0.4 is 0 Å². The molecule has 2 atom stereocenters. The van der Waals surface area contributed by atoms with E-state index in [1.807, 2.05) is 0 Å². The largest absolute Gasteiger partial charge is 0.0761 e. The predicted molar refractivity (Wildman–Crippen MR) is 179 cm³/mol. The van der Waals surface area contributed by atoms with Crippen LogP contribution in [0.15, 0.2) is 158 Å². The zero-order valence-corrected chi connectivity index (χ0v) is 23.2. The van der Waals surface area contributed by atoms with Gasteiger partial charge < -0.3 is 0 Å². The van der Waals surface area contributed by atoms with E-state index in [-0.39, 0.29) is 0 Å². The second-order valence-electron chi connectivity index (χ2n) is 11.5. The van der Waals surface area contributed by atoms with Crippen molar-refractivity contribution in [2.45, 2.75) is 11.8 Å². The molecule has 0 aromatic heterocycles. The molecule has 0 N–H and O–H groups in total. The first kappa shape index (κ1) is 23.5. The van der Waals surface area contributed by atoms with Gasteiger partial charge in [-0.2, -0.15) is 0 Å². The molecule has 0 saturated carbocycles. The molecule has 0 heteroatoms. The maximum Gasteiger partial charge on any atom is 0.0137 e. The summed E-state index contributed by atoms with van der Waals surface area (Å²) in [5.41, 5.74) is 10.8. The summed E-state index contributed by atoms with van der Waals surface area (Å²) >= 11 is 0. The number of fused-ring (bicyclic) bond motifs is 10. The molecule has 0 heterocycles. The molecular formula is C42H28. The second-order valence-corrected chi connectivity index (χ2v) is 11.5. The van der Waals surface area contributed by atoms with Gasteiger partial charge in [0.05, 0.1) is 0 Å². The van der Waals surface area contributed by atoms with E-state index < -0.39 is 0 Å². The van der Waals surface area contributed by atoms with E-state index in [2.05, 4.69) is 158 Å². The van der Waals surface area contributed by atoms with Gasteiger partial charge in [-0.25, -0.2) is 0 Å². The number of benzene rings is 7. The van der Waals surface area contributed by atoms with E-state index in [1.54, 1.807) is 0 Å². The lowest BCUT2D eigenvalue weighted by Gasteiger charge is -2.35. The summed E-state index contributed by atoms with van der Waals surface area (Å²) in [4.78, 5) is 0.